The molecule has 5 atom stereocenters. The van der Waals surface area contributed by atoms with Crippen LogP contribution in [0.1, 0.15) is 69.8 Å². The van der Waals surface area contributed by atoms with Gasteiger partial charge in [0.25, 0.3) is 0 Å². The van der Waals surface area contributed by atoms with Gasteiger partial charge in [0.2, 0.25) is 11.8 Å². The molecule has 7 heteroatoms. The number of anilines is 1. The molecule has 2 aliphatic carbocycles. The van der Waals surface area contributed by atoms with Crippen molar-refractivity contribution in [2.45, 2.75) is 82.8 Å². The van der Waals surface area contributed by atoms with Gasteiger partial charge in [-0.1, -0.05) is 44.6 Å². The van der Waals surface area contributed by atoms with Gasteiger partial charge in [0.1, 0.15) is 11.9 Å². The molecule has 1 aliphatic heterocycles. The number of fused-ring (bicyclic) bond motifs is 1. The van der Waals surface area contributed by atoms with Crippen molar-refractivity contribution in [1.29, 1.82) is 0 Å². The molecule has 0 aromatic carbocycles. The number of amides is 2. The molecule has 0 bridgehead atoms. The van der Waals surface area contributed by atoms with E-state index in [-0.39, 0.29) is 17.9 Å². The van der Waals surface area contributed by atoms with Crippen molar-refractivity contribution in [2.24, 2.45) is 17.8 Å². The fourth-order valence-corrected chi connectivity index (χ4v) is 6.26. The maximum absolute atomic E-state index is 13.3. The number of likely N-dealkylation sites (N-methyl/N-ethyl adjacent to an activating group) is 1. The summed E-state index contributed by atoms with van der Waals surface area (Å²) in [5, 5.41) is 6.19. The van der Waals surface area contributed by atoms with E-state index in [1.807, 2.05) is 13.1 Å². The Balaban J connectivity index is 1.43. The van der Waals surface area contributed by atoms with Crippen molar-refractivity contribution in [2.75, 3.05) is 19.3 Å². The molecule has 3 fully saturated rings. The molecule has 3 aliphatic rings. The highest BCUT2D eigenvalue weighted by atomic mass is 16.2. The number of hydrogen-bond donors (Lipinski definition) is 3. The third-order valence-corrected chi connectivity index (χ3v) is 8.03. The first-order valence-electron chi connectivity index (χ1n) is 12.5. The zero-order valence-electron chi connectivity index (χ0n) is 19.4. The van der Waals surface area contributed by atoms with E-state index in [0.29, 0.717) is 24.2 Å². The Hall–Kier alpha value is -2.15. The number of carbonyl (C=O) groups excluding carboxylic acids is 2. The minimum atomic E-state index is -0.482. The van der Waals surface area contributed by atoms with Crippen molar-refractivity contribution < 1.29 is 9.59 Å². The number of nitrogen functional groups attached to an aromatic ring is 1. The summed E-state index contributed by atoms with van der Waals surface area (Å²) in [5.74, 6) is 2.41. The number of aromatic nitrogens is 1. The van der Waals surface area contributed by atoms with Crippen LogP contribution >= 0.6 is 0 Å². The molecule has 7 nitrogen and oxygen atoms in total. The number of nitrogens with two attached hydrogens (primary N) is 1. The molecule has 0 radical (unpaired) electrons. The molecule has 2 heterocycles. The van der Waals surface area contributed by atoms with Gasteiger partial charge in [-0.15, -0.1) is 0 Å². The van der Waals surface area contributed by atoms with Crippen LogP contribution in [-0.2, 0) is 16.1 Å². The van der Waals surface area contributed by atoms with E-state index < -0.39 is 6.04 Å². The fraction of sp³-hybridized carbons (Fsp3) is 0.720. The van der Waals surface area contributed by atoms with Crippen molar-refractivity contribution in [3.63, 3.8) is 0 Å². The van der Waals surface area contributed by atoms with Crippen molar-refractivity contribution in [3.05, 3.63) is 23.9 Å². The Bertz CT molecular complexity index is 781. The van der Waals surface area contributed by atoms with Gasteiger partial charge in [0.15, 0.2) is 0 Å². The normalized spacial score (nSPS) is 29.2. The smallest absolute Gasteiger partial charge is 0.242 e. The first-order chi connectivity index (χ1) is 15.5. The molecule has 3 unspecified atom stereocenters. The summed E-state index contributed by atoms with van der Waals surface area (Å²) in [6.07, 6.45) is 13.3. The first kappa shape index (κ1) is 23.0. The van der Waals surface area contributed by atoms with Crippen molar-refractivity contribution in [3.8, 4) is 0 Å². The Labute approximate surface area is 191 Å². The van der Waals surface area contributed by atoms with Crippen LogP contribution in [0.4, 0.5) is 5.82 Å². The van der Waals surface area contributed by atoms with Crippen LogP contribution in [0.2, 0.25) is 0 Å². The number of pyridine rings is 1. The minimum Gasteiger partial charge on any atom is -0.384 e. The highest BCUT2D eigenvalue weighted by Gasteiger charge is 2.38. The van der Waals surface area contributed by atoms with E-state index in [0.717, 1.165) is 37.3 Å². The lowest BCUT2D eigenvalue weighted by molar-refractivity contribution is -0.132. The van der Waals surface area contributed by atoms with Crippen LogP contribution in [-0.4, -0.2) is 47.4 Å². The standard InChI is InChI=1S/C25H39N5O2/c1-30-13-5-10-22(30)25(32)29-21(24(31)28-16-17-11-12-23(26)27-15-17)14-19-8-4-7-18-6-2-3-9-20(18)19/h11-12,15,18-22H,2-10,13-14,16H2,1H3,(H2,26,27)(H,28,31)(H,29,32)/t18?,19?,20-,21?,22+/m0/s1. The summed E-state index contributed by atoms with van der Waals surface area (Å²) in [6, 6.07) is 3.00. The van der Waals surface area contributed by atoms with Crippen LogP contribution in [0.3, 0.4) is 0 Å². The van der Waals surface area contributed by atoms with E-state index in [9.17, 15) is 9.59 Å². The summed E-state index contributed by atoms with van der Waals surface area (Å²) in [7, 11) is 1.99. The zero-order chi connectivity index (χ0) is 22.5. The molecule has 0 spiro atoms. The maximum Gasteiger partial charge on any atom is 0.242 e. The van der Waals surface area contributed by atoms with Gasteiger partial charge in [-0.05, 0) is 68.7 Å². The monoisotopic (exact) mass is 441 g/mol. The van der Waals surface area contributed by atoms with Crippen LogP contribution < -0.4 is 16.4 Å². The third-order valence-electron chi connectivity index (χ3n) is 8.03. The SMILES string of the molecule is CN1CCC[C@@H]1C(=O)NC(CC1CCCC2CCCC[C@@H]21)C(=O)NCc1ccc(N)nc1. The predicted molar refractivity (Wildman–Crippen MR) is 125 cm³/mol. The summed E-state index contributed by atoms with van der Waals surface area (Å²) in [6.45, 7) is 1.32. The minimum absolute atomic E-state index is 0.00435. The second-order valence-corrected chi connectivity index (χ2v) is 10.1. The Morgan fingerprint density at radius 3 is 2.69 bits per heavy atom. The fourth-order valence-electron chi connectivity index (χ4n) is 6.26. The summed E-state index contributed by atoms with van der Waals surface area (Å²) >= 11 is 0. The molecule has 1 saturated heterocycles. The van der Waals surface area contributed by atoms with Gasteiger partial charge < -0.3 is 16.4 Å². The molecular weight excluding hydrogens is 402 g/mol. The van der Waals surface area contributed by atoms with Crippen LogP contribution in [0.25, 0.3) is 0 Å². The molecule has 4 rings (SSSR count). The number of nitrogens with one attached hydrogen (secondary N) is 2. The summed E-state index contributed by atoms with van der Waals surface area (Å²) in [5.41, 5.74) is 6.57. The first-order valence-corrected chi connectivity index (χ1v) is 12.5. The van der Waals surface area contributed by atoms with E-state index in [4.69, 9.17) is 5.73 Å². The average Bonchev–Trinajstić information content (AvgIpc) is 3.24. The predicted octanol–water partition coefficient (Wildman–Crippen LogP) is 2.86. The number of likely N-dealkylation sites (tertiary alicyclic amines) is 1. The van der Waals surface area contributed by atoms with E-state index in [1.165, 1.54) is 44.9 Å². The molecule has 1 aromatic heterocycles. The Morgan fingerprint density at radius 2 is 1.94 bits per heavy atom. The van der Waals surface area contributed by atoms with Gasteiger partial charge in [0.05, 0.1) is 6.04 Å². The quantitative estimate of drug-likeness (QED) is 0.604. The molecule has 2 saturated carbocycles. The van der Waals surface area contributed by atoms with Gasteiger partial charge in [-0.25, -0.2) is 4.98 Å². The lowest BCUT2D eigenvalue weighted by Gasteiger charge is -2.42. The van der Waals surface area contributed by atoms with E-state index in [2.05, 4.69) is 20.5 Å². The van der Waals surface area contributed by atoms with Crippen LogP contribution in [0, 0.1) is 17.8 Å². The van der Waals surface area contributed by atoms with Crippen LogP contribution in [0.15, 0.2) is 18.3 Å². The molecule has 2 amide bonds. The molecule has 32 heavy (non-hydrogen) atoms. The zero-order valence-corrected chi connectivity index (χ0v) is 19.4. The average molecular weight is 442 g/mol. The van der Waals surface area contributed by atoms with Crippen LogP contribution in [0.5, 0.6) is 0 Å². The third kappa shape index (κ3) is 5.61. The molecular formula is C25H39N5O2. The number of rotatable bonds is 7. The van der Waals surface area contributed by atoms with E-state index >= 15 is 0 Å². The molecule has 1 aromatic rings. The van der Waals surface area contributed by atoms with Gasteiger partial charge in [-0.2, -0.15) is 0 Å². The number of hydrogen-bond acceptors (Lipinski definition) is 5. The maximum atomic E-state index is 13.3. The highest BCUT2D eigenvalue weighted by Crippen LogP contribution is 2.45. The second kappa shape index (κ2) is 10.6. The molecule has 4 N–H and O–H groups in total. The highest BCUT2D eigenvalue weighted by molar-refractivity contribution is 5.89. The van der Waals surface area contributed by atoms with Crippen molar-refractivity contribution in [1.82, 2.24) is 20.5 Å². The Kier molecular flexibility index (Phi) is 7.66. The second-order valence-electron chi connectivity index (χ2n) is 10.1. The van der Waals surface area contributed by atoms with Crippen molar-refractivity contribution >= 4 is 17.6 Å². The number of nitrogens with zero attached hydrogens (tertiary/aromatic N) is 2. The summed E-state index contributed by atoms with van der Waals surface area (Å²) < 4.78 is 0. The van der Waals surface area contributed by atoms with Gasteiger partial charge >= 0.3 is 0 Å². The largest absolute Gasteiger partial charge is 0.384 e. The Morgan fingerprint density at radius 1 is 1.12 bits per heavy atom. The van der Waals surface area contributed by atoms with E-state index in [1.54, 1.807) is 12.3 Å². The topological polar surface area (TPSA) is 100 Å². The molecule has 176 valence electrons. The summed E-state index contributed by atoms with van der Waals surface area (Å²) in [4.78, 5) is 32.5. The lowest BCUT2D eigenvalue weighted by Crippen LogP contribution is -2.52. The number of carbonyl (C=O) groups is 2. The lowest BCUT2D eigenvalue weighted by atomic mass is 9.64. The van der Waals surface area contributed by atoms with Gasteiger partial charge in [0, 0.05) is 12.7 Å². The van der Waals surface area contributed by atoms with Gasteiger partial charge in [-0.3, -0.25) is 14.5 Å².